The normalized spacial score (nSPS) is 14.6. The monoisotopic (exact) mass is 1090 g/mol. The molecule has 85 heavy (non-hydrogen) atoms. The maximum atomic E-state index is 6.90. The molecule has 17 rings (SSSR count). The molecule has 0 amide bonds. The lowest BCUT2D eigenvalue weighted by Gasteiger charge is -2.32. The molecule has 4 aliphatic rings. The maximum absolute atomic E-state index is 6.90. The molecule has 0 saturated carbocycles. The van der Waals surface area contributed by atoms with Crippen molar-refractivity contribution in [3.63, 3.8) is 0 Å². The lowest BCUT2D eigenvalue weighted by atomic mass is 9.70. The second-order valence-corrected chi connectivity index (χ2v) is 25.4. The van der Waals surface area contributed by atoms with E-state index in [2.05, 4.69) is 307 Å². The average molecular weight is 1090 g/mol. The van der Waals surface area contributed by atoms with Crippen LogP contribution < -0.4 is 9.80 Å². The van der Waals surface area contributed by atoms with E-state index in [1.54, 1.807) is 0 Å². The van der Waals surface area contributed by atoms with Crippen molar-refractivity contribution in [3.05, 3.63) is 310 Å². The first kappa shape index (κ1) is 49.6. The molecule has 406 valence electrons. The van der Waals surface area contributed by atoms with Gasteiger partial charge >= 0.3 is 0 Å². The van der Waals surface area contributed by atoms with Gasteiger partial charge in [-0.3, -0.25) is 0 Å². The summed E-state index contributed by atoms with van der Waals surface area (Å²) in [4.78, 5) is 4.91. The van der Waals surface area contributed by atoms with Gasteiger partial charge in [0.2, 0.25) is 0 Å². The van der Waals surface area contributed by atoms with Crippen LogP contribution in [0.3, 0.4) is 0 Å². The number of hydrogen-bond acceptors (Lipinski definition) is 3. The fourth-order valence-electron chi connectivity index (χ4n) is 15.9. The van der Waals surface area contributed by atoms with Gasteiger partial charge in [-0.1, -0.05) is 215 Å². The summed E-state index contributed by atoms with van der Waals surface area (Å²) in [6, 6.07) is 93.8. The number of aryl methyl sites for hydroxylation is 3. The zero-order valence-corrected chi connectivity index (χ0v) is 49.0. The topological polar surface area (TPSA) is 19.6 Å². The number of nitrogens with zero attached hydrogens (tertiary/aromatic N) is 2. The molecule has 0 aliphatic heterocycles. The Morgan fingerprint density at radius 2 is 0.694 bits per heavy atom. The van der Waals surface area contributed by atoms with E-state index in [0.29, 0.717) is 0 Å². The van der Waals surface area contributed by atoms with Gasteiger partial charge < -0.3 is 14.2 Å². The molecule has 12 aromatic carbocycles. The molecule has 4 aliphatic carbocycles. The lowest BCUT2D eigenvalue weighted by molar-refractivity contribution is 0.659. The molecule has 1 aromatic heterocycles. The Morgan fingerprint density at radius 3 is 1.24 bits per heavy atom. The summed E-state index contributed by atoms with van der Waals surface area (Å²) in [6.45, 7) is 16.2. The van der Waals surface area contributed by atoms with Crippen molar-refractivity contribution in [2.24, 2.45) is 0 Å². The Kier molecular flexibility index (Phi) is 10.4. The Labute approximate surface area is 497 Å². The predicted octanol–water partition coefficient (Wildman–Crippen LogP) is 22.1. The molecule has 0 bridgehead atoms. The van der Waals surface area contributed by atoms with Crippen LogP contribution in [0.4, 0.5) is 34.1 Å². The van der Waals surface area contributed by atoms with Gasteiger partial charge in [-0.25, -0.2) is 0 Å². The third kappa shape index (κ3) is 6.90. The van der Waals surface area contributed by atoms with Crippen LogP contribution >= 0.6 is 0 Å². The second-order valence-electron chi connectivity index (χ2n) is 25.4. The first-order valence-corrected chi connectivity index (χ1v) is 30.1. The van der Waals surface area contributed by atoms with Gasteiger partial charge in [-0.15, -0.1) is 0 Å². The molecule has 1 heterocycles. The van der Waals surface area contributed by atoms with Crippen LogP contribution in [0.15, 0.2) is 253 Å². The fraction of sp³-hybridized carbons (Fsp3) is 0.122. The van der Waals surface area contributed by atoms with Crippen molar-refractivity contribution in [1.29, 1.82) is 0 Å². The molecule has 13 aromatic rings. The van der Waals surface area contributed by atoms with Crippen molar-refractivity contribution in [1.82, 2.24) is 0 Å². The molecule has 0 fully saturated rings. The Bertz CT molecular complexity index is 4830. The van der Waals surface area contributed by atoms with Gasteiger partial charge in [0.25, 0.3) is 0 Å². The van der Waals surface area contributed by atoms with Crippen molar-refractivity contribution >= 4 is 56.1 Å². The van der Waals surface area contributed by atoms with E-state index in [0.717, 1.165) is 61.6 Å². The number of fused-ring (bicyclic) bond motifs is 19. The van der Waals surface area contributed by atoms with Gasteiger partial charge in [-0.2, -0.15) is 0 Å². The summed E-state index contributed by atoms with van der Waals surface area (Å²) in [5, 5.41) is 2.20. The molecule has 0 radical (unpaired) electrons. The summed E-state index contributed by atoms with van der Waals surface area (Å²) in [7, 11) is 0. The van der Waals surface area contributed by atoms with Gasteiger partial charge in [-0.05, 0) is 199 Å². The smallest absolute Gasteiger partial charge is 0.159 e. The number of rotatable bonds is 7. The fourth-order valence-corrected chi connectivity index (χ4v) is 15.9. The highest BCUT2D eigenvalue weighted by molar-refractivity contribution is 6.10. The zero-order chi connectivity index (χ0) is 57.3. The molecule has 0 unspecified atom stereocenters. The first-order valence-electron chi connectivity index (χ1n) is 30.1. The van der Waals surface area contributed by atoms with Crippen LogP contribution in [0.1, 0.15) is 88.9 Å². The van der Waals surface area contributed by atoms with Crippen molar-refractivity contribution in [2.45, 2.75) is 64.7 Å². The van der Waals surface area contributed by atoms with Crippen LogP contribution in [0, 0.1) is 20.8 Å². The molecule has 0 atom stereocenters. The van der Waals surface area contributed by atoms with Gasteiger partial charge in [0.05, 0.1) is 11.1 Å². The van der Waals surface area contributed by atoms with E-state index >= 15 is 0 Å². The Morgan fingerprint density at radius 1 is 0.294 bits per heavy atom. The number of benzene rings is 12. The summed E-state index contributed by atoms with van der Waals surface area (Å²) in [5.74, 6) is 0. The SMILES string of the molecule is Cc1ccc2c(c1)C(C)(C)c1cc(N(c3ccc(-c4ccc(N(c5ccc6c(c5)C5(c7ccccc7-c7ccccc75)c5ccccc5-6)c5cccc6c5oc5ccccc56)cc4)c(C)c3)c3ccc4c(c3)C(C)(C)c3cc(C)ccc3-4)ccc1-2. The largest absolute Gasteiger partial charge is 0.454 e. The minimum absolute atomic E-state index is 0.152. The molecular formula is C82H62N2O. The van der Waals surface area contributed by atoms with E-state index in [1.165, 1.54) is 111 Å². The molecule has 1 spiro atoms. The predicted molar refractivity (Wildman–Crippen MR) is 354 cm³/mol. The average Bonchev–Trinajstić information content (AvgIpc) is 1.54. The second kappa shape index (κ2) is 17.8. The van der Waals surface area contributed by atoms with Gasteiger partial charge in [0.15, 0.2) is 5.58 Å². The quantitative estimate of drug-likeness (QED) is 0.159. The van der Waals surface area contributed by atoms with Crippen LogP contribution in [-0.4, -0.2) is 0 Å². The van der Waals surface area contributed by atoms with Crippen LogP contribution in [-0.2, 0) is 16.2 Å². The lowest BCUT2D eigenvalue weighted by Crippen LogP contribution is -2.26. The van der Waals surface area contributed by atoms with E-state index < -0.39 is 5.41 Å². The summed E-state index contributed by atoms with van der Waals surface area (Å²) < 4.78 is 6.90. The molecule has 3 heteroatoms. The number of para-hydroxylation sites is 2. The highest BCUT2D eigenvalue weighted by Crippen LogP contribution is 2.64. The van der Waals surface area contributed by atoms with E-state index in [9.17, 15) is 0 Å². The first-order chi connectivity index (χ1) is 41.4. The van der Waals surface area contributed by atoms with Crippen LogP contribution in [0.2, 0.25) is 0 Å². The Balaban J connectivity index is 0.798. The van der Waals surface area contributed by atoms with Gasteiger partial charge in [0.1, 0.15) is 5.58 Å². The van der Waals surface area contributed by atoms with Crippen molar-refractivity contribution in [3.8, 4) is 55.6 Å². The van der Waals surface area contributed by atoms with Gasteiger partial charge in [0, 0.05) is 50.0 Å². The summed E-state index contributed by atoms with van der Waals surface area (Å²) in [5.41, 5.74) is 34.9. The minimum Gasteiger partial charge on any atom is -0.454 e. The standard InChI is InChI=1S/C82H62N2O/c1-49-27-37-62-64-40-34-55(46-74(64)80(4,5)72(62)43-49)83(56-35-41-65-63-38-28-50(2)44-73(63)81(6,7)75(65)47-56)54-33-39-58(51(3)45-54)52-29-31-53(32-30-52)84(77-25-16-21-68-67-20-11-15-26-78(67)85-79(68)77)57-36-42-66-61-19-10-14-24-71(61)82(76(66)48-57)69-22-12-8-17-59(69)60-18-9-13-23-70(60)82/h8-48H,1-7H3. The highest BCUT2D eigenvalue weighted by Gasteiger charge is 2.52. The van der Waals surface area contributed by atoms with Crippen LogP contribution in [0.5, 0.6) is 0 Å². The molecule has 0 N–H and O–H groups in total. The third-order valence-electron chi connectivity index (χ3n) is 19.9. The summed E-state index contributed by atoms with van der Waals surface area (Å²) in [6.07, 6.45) is 0. The minimum atomic E-state index is -0.486. The number of hydrogen-bond donors (Lipinski definition) is 0. The highest BCUT2D eigenvalue weighted by atomic mass is 16.3. The number of furan rings is 1. The third-order valence-corrected chi connectivity index (χ3v) is 19.9. The zero-order valence-electron chi connectivity index (χ0n) is 49.0. The molecular weight excluding hydrogens is 1030 g/mol. The van der Waals surface area contributed by atoms with Crippen molar-refractivity contribution in [2.75, 3.05) is 9.80 Å². The van der Waals surface area contributed by atoms with E-state index in [4.69, 9.17) is 4.42 Å². The number of anilines is 6. The summed E-state index contributed by atoms with van der Waals surface area (Å²) >= 11 is 0. The molecule has 3 nitrogen and oxygen atoms in total. The van der Waals surface area contributed by atoms with Crippen molar-refractivity contribution < 1.29 is 4.42 Å². The van der Waals surface area contributed by atoms with E-state index in [1.807, 2.05) is 0 Å². The Hall–Kier alpha value is -9.96. The van der Waals surface area contributed by atoms with Crippen LogP contribution in [0.25, 0.3) is 77.6 Å². The molecule has 0 saturated heterocycles. The van der Waals surface area contributed by atoms with E-state index in [-0.39, 0.29) is 10.8 Å². The maximum Gasteiger partial charge on any atom is 0.159 e.